The van der Waals surface area contributed by atoms with E-state index in [2.05, 4.69) is 25.2 Å². The summed E-state index contributed by atoms with van der Waals surface area (Å²) in [6.07, 6.45) is 5.55. The van der Waals surface area contributed by atoms with Crippen molar-refractivity contribution in [1.82, 2.24) is 5.32 Å². The van der Waals surface area contributed by atoms with Crippen LogP contribution in [-0.4, -0.2) is 6.54 Å². The highest BCUT2D eigenvalue weighted by molar-refractivity contribution is 6.30. The SMILES string of the molecule is CCCNC(Cc1ccoc1)c1cc(C)cc(Cl)c1. The number of furan rings is 1. The minimum Gasteiger partial charge on any atom is -0.472 e. The molecule has 1 heterocycles. The molecule has 3 heteroatoms. The van der Waals surface area contributed by atoms with Crippen molar-refractivity contribution >= 4 is 11.6 Å². The van der Waals surface area contributed by atoms with Crippen molar-refractivity contribution in [2.24, 2.45) is 0 Å². The normalized spacial score (nSPS) is 12.6. The molecule has 0 radical (unpaired) electrons. The summed E-state index contributed by atoms with van der Waals surface area (Å²) in [5.74, 6) is 0. The molecule has 2 nitrogen and oxygen atoms in total. The Balaban J connectivity index is 2.20. The molecule has 2 rings (SSSR count). The van der Waals surface area contributed by atoms with Crippen molar-refractivity contribution in [3.05, 3.63) is 58.5 Å². The van der Waals surface area contributed by atoms with E-state index in [1.54, 1.807) is 12.5 Å². The van der Waals surface area contributed by atoms with Gasteiger partial charge in [0.05, 0.1) is 12.5 Å². The number of hydrogen-bond donors (Lipinski definition) is 1. The predicted octanol–water partition coefficient (Wildman–Crippen LogP) is 4.52. The largest absolute Gasteiger partial charge is 0.472 e. The average molecular weight is 278 g/mol. The zero-order valence-electron chi connectivity index (χ0n) is 11.4. The fourth-order valence-electron chi connectivity index (χ4n) is 2.24. The van der Waals surface area contributed by atoms with Crippen LogP contribution in [0.25, 0.3) is 0 Å². The van der Waals surface area contributed by atoms with Crippen molar-refractivity contribution in [2.45, 2.75) is 32.7 Å². The first-order valence-corrected chi connectivity index (χ1v) is 7.08. The molecule has 0 aliphatic carbocycles. The van der Waals surface area contributed by atoms with Gasteiger partial charge in [-0.2, -0.15) is 0 Å². The molecule has 0 spiro atoms. The Morgan fingerprint density at radius 2 is 2.16 bits per heavy atom. The second kappa shape index (κ2) is 6.78. The quantitative estimate of drug-likeness (QED) is 0.839. The van der Waals surface area contributed by atoms with Gasteiger partial charge in [0.15, 0.2) is 0 Å². The van der Waals surface area contributed by atoms with Crippen LogP contribution in [0.15, 0.2) is 41.2 Å². The van der Waals surface area contributed by atoms with Gasteiger partial charge in [-0.05, 0) is 61.2 Å². The van der Waals surface area contributed by atoms with E-state index in [-0.39, 0.29) is 6.04 Å². The van der Waals surface area contributed by atoms with E-state index < -0.39 is 0 Å². The molecule has 102 valence electrons. The molecular formula is C16H20ClNO. The van der Waals surface area contributed by atoms with Gasteiger partial charge in [0.1, 0.15) is 0 Å². The molecule has 1 unspecified atom stereocenters. The van der Waals surface area contributed by atoms with E-state index in [9.17, 15) is 0 Å². The second-order valence-electron chi connectivity index (χ2n) is 4.90. The Bertz CT molecular complexity index is 487. The Morgan fingerprint density at radius 3 is 2.79 bits per heavy atom. The van der Waals surface area contributed by atoms with Crippen LogP contribution >= 0.6 is 11.6 Å². The van der Waals surface area contributed by atoms with Crippen LogP contribution in [0.4, 0.5) is 0 Å². The van der Waals surface area contributed by atoms with Crippen molar-refractivity contribution in [3.63, 3.8) is 0 Å². The maximum atomic E-state index is 6.16. The molecule has 0 saturated carbocycles. The Hall–Kier alpha value is -1.25. The number of halogens is 1. The molecule has 0 bridgehead atoms. The first-order valence-electron chi connectivity index (χ1n) is 6.70. The zero-order chi connectivity index (χ0) is 13.7. The third-order valence-corrected chi connectivity index (χ3v) is 3.35. The van der Waals surface area contributed by atoms with Crippen LogP contribution in [0.3, 0.4) is 0 Å². The van der Waals surface area contributed by atoms with Crippen molar-refractivity contribution in [3.8, 4) is 0 Å². The second-order valence-corrected chi connectivity index (χ2v) is 5.34. The summed E-state index contributed by atoms with van der Waals surface area (Å²) in [4.78, 5) is 0. The van der Waals surface area contributed by atoms with Gasteiger partial charge in [0, 0.05) is 11.1 Å². The fraction of sp³-hybridized carbons (Fsp3) is 0.375. The van der Waals surface area contributed by atoms with Crippen LogP contribution in [0.2, 0.25) is 5.02 Å². The third-order valence-electron chi connectivity index (χ3n) is 3.13. The molecule has 0 aliphatic heterocycles. The van der Waals surface area contributed by atoms with Crippen LogP contribution in [0.5, 0.6) is 0 Å². The number of hydrogen-bond acceptors (Lipinski definition) is 2. The lowest BCUT2D eigenvalue weighted by atomic mass is 9.99. The Kier molecular flexibility index (Phi) is 5.06. The minimum atomic E-state index is 0.273. The minimum absolute atomic E-state index is 0.273. The summed E-state index contributed by atoms with van der Waals surface area (Å²) >= 11 is 6.16. The topological polar surface area (TPSA) is 25.2 Å². The summed E-state index contributed by atoms with van der Waals surface area (Å²) < 4.78 is 5.15. The molecule has 1 aromatic heterocycles. The first-order chi connectivity index (χ1) is 9.19. The maximum Gasteiger partial charge on any atom is 0.0935 e. The molecule has 0 saturated heterocycles. The molecule has 0 amide bonds. The zero-order valence-corrected chi connectivity index (χ0v) is 12.2. The van der Waals surface area contributed by atoms with Crippen LogP contribution < -0.4 is 5.32 Å². The molecule has 0 aliphatic rings. The number of aryl methyl sites for hydroxylation is 1. The predicted molar refractivity (Wildman–Crippen MR) is 79.6 cm³/mol. The highest BCUT2D eigenvalue weighted by Gasteiger charge is 2.13. The third kappa shape index (κ3) is 4.12. The van der Waals surface area contributed by atoms with Gasteiger partial charge in [0.2, 0.25) is 0 Å². The van der Waals surface area contributed by atoms with Crippen molar-refractivity contribution in [2.75, 3.05) is 6.54 Å². The van der Waals surface area contributed by atoms with E-state index in [1.807, 2.05) is 18.2 Å². The van der Waals surface area contributed by atoms with E-state index in [1.165, 1.54) is 16.7 Å². The average Bonchev–Trinajstić information content (AvgIpc) is 2.86. The lowest BCUT2D eigenvalue weighted by Gasteiger charge is -2.19. The molecule has 19 heavy (non-hydrogen) atoms. The molecule has 1 atom stereocenters. The van der Waals surface area contributed by atoms with Gasteiger partial charge < -0.3 is 9.73 Å². The van der Waals surface area contributed by atoms with Crippen LogP contribution in [-0.2, 0) is 6.42 Å². The smallest absolute Gasteiger partial charge is 0.0935 e. The van der Waals surface area contributed by atoms with E-state index in [0.717, 1.165) is 24.4 Å². The molecule has 1 N–H and O–H groups in total. The fourth-order valence-corrected chi connectivity index (χ4v) is 2.53. The Morgan fingerprint density at radius 1 is 1.32 bits per heavy atom. The number of benzene rings is 1. The summed E-state index contributed by atoms with van der Waals surface area (Å²) in [7, 11) is 0. The van der Waals surface area contributed by atoms with Crippen molar-refractivity contribution in [1.29, 1.82) is 0 Å². The first kappa shape index (κ1) is 14.2. The standard InChI is InChI=1S/C16H20ClNO/c1-3-5-18-16(9-13-4-6-19-11-13)14-7-12(2)8-15(17)10-14/h4,6-8,10-11,16,18H,3,5,9H2,1-2H3. The molecular weight excluding hydrogens is 258 g/mol. The van der Waals surface area contributed by atoms with Gasteiger partial charge >= 0.3 is 0 Å². The van der Waals surface area contributed by atoms with E-state index >= 15 is 0 Å². The number of nitrogens with one attached hydrogen (secondary N) is 1. The van der Waals surface area contributed by atoms with Gasteiger partial charge in [-0.1, -0.05) is 24.6 Å². The number of rotatable bonds is 6. The summed E-state index contributed by atoms with van der Waals surface area (Å²) in [5.41, 5.74) is 3.63. The lowest BCUT2D eigenvalue weighted by Crippen LogP contribution is -2.24. The van der Waals surface area contributed by atoms with E-state index in [4.69, 9.17) is 16.0 Å². The summed E-state index contributed by atoms with van der Waals surface area (Å²) in [6, 6.07) is 8.51. The summed E-state index contributed by atoms with van der Waals surface area (Å²) in [5, 5.41) is 4.37. The maximum absolute atomic E-state index is 6.16. The summed E-state index contributed by atoms with van der Waals surface area (Å²) in [6.45, 7) is 5.24. The van der Waals surface area contributed by atoms with Crippen LogP contribution in [0, 0.1) is 6.92 Å². The highest BCUT2D eigenvalue weighted by atomic mass is 35.5. The molecule has 1 aromatic carbocycles. The van der Waals surface area contributed by atoms with Gasteiger partial charge in [-0.3, -0.25) is 0 Å². The lowest BCUT2D eigenvalue weighted by molar-refractivity contribution is 0.520. The van der Waals surface area contributed by atoms with Crippen LogP contribution in [0.1, 0.15) is 36.1 Å². The molecule has 0 fully saturated rings. The van der Waals surface area contributed by atoms with Gasteiger partial charge in [-0.15, -0.1) is 0 Å². The van der Waals surface area contributed by atoms with Gasteiger partial charge in [-0.25, -0.2) is 0 Å². The van der Waals surface area contributed by atoms with Gasteiger partial charge in [0.25, 0.3) is 0 Å². The monoisotopic (exact) mass is 277 g/mol. The van der Waals surface area contributed by atoms with E-state index in [0.29, 0.717) is 0 Å². The Labute approximate surface area is 119 Å². The van der Waals surface area contributed by atoms with Crippen molar-refractivity contribution < 1.29 is 4.42 Å². The molecule has 2 aromatic rings. The highest BCUT2D eigenvalue weighted by Crippen LogP contribution is 2.23.